The van der Waals surface area contributed by atoms with Crippen molar-refractivity contribution in [3.05, 3.63) is 68.6 Å². The Bertz CT molecular complexity index is 1200. The number of rotatable bonds is 4. The fourth-order valence-corrected chi connectivity index (χ4v) is 3.67. The highest BCUT2D eigenvalue weighted by Gasteiger charge is 2.48. The number of aryl methyl sites for hydroxylation is 1. The van der Waals surface area contributed by atoms with Crippen molar-refractivity contribution in [2.75, 3.05) is 6.61 Å². The first-order valence-electron chi connectivity index (χ1n) is 9.54. The van der Waals surface area contributed by atoms with Crippen LogP contribution in [0.3, 0.4) is 0 Å². The molecule has 0 radical (unpaired) electrons. The van der Waals surface area contributed by atoms with E-state index in [0.717, 1.165) is 0 Å². The number of fused-ring (bicyclic) bond motifs is 1. The van der Waals surface area contributed by atoms with Crippen molar-refractivity contribution >= 4 is 22.7 Å². The highest BCUT2D eigenvalue weighted by atomic mass is 19.4. The maximum Gasteiger partial charge on any atom is 0.423 e. The number of allylic oxidation sites excluding steroid dienone is 2. The molecule has 1 aromatic heterocycles. The summed E-state index contributed by atoms with van der Waals surface area (Å²) in [6, 6.07) is 5.67. The summed E-state index contributed by atoms with van der Waals surface area (Å²) in [6.45, 7) is 12.1. The molecule has 0 spiro atoms. The zero-order valence-electron chi connectivity index (χ0n) is 17.0. The van der Waals surface area contributed by atoms with E-state index in [1.165, 1.54) is 38.1 Å². The second-order valence-electron chi connectivity index (χ2n) is 7.16. The SMILES string of the molecule is [C-]#[N+]C1=C(C(F)(F)F)N=C(C)C(C(=O)OCCC)[C@@H]1c1cccc2c(=O)cc(C)oc12. The lowest BCUT2D eigenvalue weighted by Crippen LogP contribution is -2.36. The van der Waals surface area contributed by atoms with Gasteiger partial charge in [0.25, 0.3) is 0 Å². The summed E-state index contributed by atoms with van der Waals surface area (Å²) in [6.07, 6.45) is -4.39. The van der Waals surface area contributed by atoms with Crippen LogP contribution < -0.4 is 5.43 Å². The highest BCUT2D eigenvalue weighted by Crippen LogP contribution is 2.46. The van der Waals surface area contributed by atoms with Gasteiger partial charge in [-0.2, -0.15) is 13.2 Å². The molecule has 1 aromatic carbocycles. The summed E-state index contributed by atoms with van der Waals surface area (Å²) in [5.41, 5.74) is -2.46. The lowest BCUT2D eigenvalue weighted by Gasteiger charge is -2.31. The van der Waals surface area contributed by atoms with E-state index in [9.17, 15) is 22.8 Å². The quantitative estimate of drug-likeness (QED) is 0.508. The Morgan fingerprint density at radius 3 is 2.65 bits per heavy atom. The summed E-state index contributed by atoms with van der Waals surface area (Å²) in [5.74, 6) is -3.18. The zero-order chi connectivity index (χ0) is 22.9. The van der Waals surface area contributed by atoms with Crippen molar-refractivity contribution in [3.63, 3.8) is 0 Å². The second-order valence-corrected chi connectivity index (χ2v) is 7.16. The highest BCUT2D eigenvalue weighted by molar-refractivity contribution is 6.04. The smallest absolute Gasteiger partial charge is 0.423 e. The van der Waals surface area contributed by atoms with Crippen molar-refractivity contribution in [1.29, 1.82) is 0 Å². The number of benzene rings is 1. The normalized spacial score (nSPS) is 19.2. The molecule has 31 heavy (non-hydrogen) atoms. The van der Waals surface area contributed by atoms with Crippen molar-refractivity contribution in [1.82, 2.24) is 0 Å². The lowest BCUT2D eigenvalue weighted by atomic mass is 9.78. The van der Waals surface area contributed by atoms with E-state index in [4.69, 9.17) is 15.7 Å². The number of halogens is 3. The van der Waals surface area contributed by atoms with E-state index in [1.54, 1.807) is 6.92 Å². The van der Waals surface area contributed by atoms with Gasteiger partial charge in [0, 0.05) is 17.7 Å². The van der Waals surface area contributed by atoms with Crippen LogP contribution in [0.15, 0.2) is 49.9 Å². The van der Waals surface area contributed by atoms with E-state index < -0.39 is 35.4 Å². The second kappa shape index (κ2) is 8.38. The van der Waals surface area contributed by atoms with Gasteiger partial charge in [-0.1, -0.05) is 19.1 Å². The number of para-hydroxylation sites is 1. The van der Waals surface area contributed by atoms with Gasteiger partial charge in [0.15, 0.2) is 5.43 Å². The zero-order valence-corrected chi connectivity index (χ0v) is 17.0. The third-order valence-electron chi connectivity index (χ3n) is 4.94. The number of carbonyl (C=O) groups is 1. The molecule has 2 aromatic rings. The molecule has 0 amide bonds. The number of hydrogen-bond donors (Lipinski definition) is 0. The molecule has 2 atom stereocenters. The molecule has 1 unspecified atom stereocenters. The fourth-order valence-electron chi connectivity index (χ4n) is 3.67. The van der Waals surface area contributed by atoms with Gasteiger partial charge in [-0.3, -0.25) is 14.6 Å². The predicted molar refractivity (Wildman–Crippen MR) is 107 cm³/mol. The molecular weight excluding hydrogens is 413 g/mol. The van der Waals surface area contributed by atoms with Gasteiger partial charge in [0.05, 0.1) is 24.5 Å². The standard InChI is InChI=1S/C22H19F3N2O4/c1-5-9-30-21(29)16-12(3)27-20(22(23,24)25)18(26-4)17(16)14-8-6-7-13-15(28)10-11(2)31-19(13)14/h6-8,10,16-17H,5,9H2,1-3H3/t16?,17-/m0/s1. The lowest BCUT2D eigenvalue weighted by molar-refractivity contribution is -0.146. The van der Waals surface area contributed by atoms with Gasteiger partial charge < -0.3 is 9.15 Å². The minimum atomic E-state index is -4.90. The number of hydrogen-bond acceptors (Lipinski definition) is 5. The van der Waals surface area contributed by atoms with Crippen molar-refractivity contribution in [2.45, 2.75) is 39.3 Å². The van der Waals surface area contributed by atoms with Crippen LogP contribution in [-0.2, 0) is 9.53 Å². The van der Waals surface area contributed by atoms with Gasteiger partial charge in [-0.05, 0) is 31.9 Å². The first kappa shape index (κ1) is 22.3. The van der Waals surface area contributed by atoms with Gasteiger partial charge >= 0.3 is 12.1 Å². The number of ether oxygens (including phenoxy) is 1. The Morgan fingerprint density at radius 2 is 2.03 bits per heavy atom. The molecule has 0 bridgehead atoms. The maximum atomic E-state index is 13.7. The van der Waals surface area contributed by atoms with Crippen LogP contribution in [0.5, 0.6) is 0 Å². The van der Waals surface area contributed by atoms with Crippen molar-refractivity contribution < 1.29 is 27.1 Å². The van der Waals surface area contributed by atoms with E-state index in [0.29, 0.717) is 6.42 Å². The molecule has 0 aliphatic carbocycles. The summed E-state index contributed by atoms with van der Waals surface area (Å²) in [5, 5.41) is 0.141. The predicted octanol–water partition coefficient (Wildman–Crippen LogP) is 4.92. The van der Waals surface area contributed by atoms with Crippen LogP contribution in [-0.4, -0.2) is 24.5 Å². The van der Waals surface area contributed by atoms with Crippen LogP contribution in [0.25, 0.3) is 15.8 Å². The maximum absolute atomic E-state index is 13.7. The van der Waals surface area contributed by atoms with Crippen molar-refractivity contribution in [2.24, 2.45) is 10.9 Å². The number of aliphatic imine (C=N–C) groups is 1. The Balaban J connectivity index is 2.36. The molecule has 1 aliphatic heterocycles. The Kier molecular flexibility index (Phi) is 6.02. The minimum absolute atomic E-state index is 0.0307. The van der Waals surface area contributed by atoms with E-state index in [-0.39, 0.29) is 40.0 Å². The number of esters is 1. The van der Waals surface area contributed by atoms with Gasteiger partial charge in [0.1, 0.15) is 17.0 Å². The van der Waals surface area contributed by atoms with Gasteiger partial charge in [-0.25, -0.2) is 4.85 Å². The Labute approximate surface area is 175 Å². The van der Waals surface area contributed by atoms with Crippen molar-refractivity contribution in [3.8, 4) is 0 Å². The molecule has 3 rings (SSSR count). The van der Waals surface area contributed by atoms with Crippen LogP contribution in [0.2, 0.25) is 0 Å². The van der Waals surface area contributed by atoms with Gasteiger partial charge in [-0.15, -0.1) is 0 Å². The largest absolute Gasteiger partial charge is 0.465 e. The third-order valence-corrected chi connectivity index (χ3v) is 4.94. The Morgan fingerprint density at radius 1 is 1.32 bits per heavy atom. The van der Waals surface area contributed by atoms with Gasteiger partial charge in [0.2, 0.25) is 5.70 Å². The summed E-state index contributed by atoms with van der Waals surface area (Å²) < 4.78 is 52.0. The number of alkyl halides is 3. The molecule has 2 heterocycles. The molecule has 162 valence electrons. The average Bonchev–Trinajstić information content (AvgIpc) is 2.70. The third kappa shape index (κ3) is 4.10. The molecule has 9 heteroatoms. The summed E-state index contributed by atoms with van der Waals surface area (Å²) >= 11 is 0. The molecule has 0 saturated heterocycles. The van der Waals surface area contributed by atoms with E-state index in [2.05, 4.69) is 9.84 Å². The first-order chi connectivity index (χ1) is 14.6. The topological polar surface area (TPSA) is 73.2 Å². The molecule has 0 fully saturated rings. The van der Waals surface area contributed by atoms with Crippen LogP contribution in [0.1, 0.15) is 37.5 Å². The van der Waals surface area contributed by atoms with Crippen LogP contribution >= 0.6 is 0 Å². The number of carbonyl (C=O) groups excluding carboxylic acids is 1. The summed E-state index contributed by atoms with van der Waals surface area (Å²) in [4.78, 5) is 31.9. The summed E-state index contributed by atoms with van der Waals surface area (Å²) in [7, 11) is 0. The number of nitrogens with zero attached hydrogens (tertiary/aromatic N) is 2. The van der Waals surface area contributed by atoms with Crippen LogP contribution in [0.4, 0.5) is 13.2 Å². The van der Waals surface area contributed by atoms with Crippen LogP contribution in [0, 0.1) is 19.4 Å². The Hall–Kier alpha value is -3.41. The fraction of sp³-hybridized carbons (Fsp3) is 0.364. The monoisotopic (exact) mass is 432 g/mol. The van der Waals surface area contributed by atoms with E-state index >= 15 is 0 Å². The molecule has 0 saturated carbocycles. The molecule has 0 N–H and O–H groups in total. The van der Waals surface area contributed by atoms with E-state index in [1.807, 2.05) is 0 Å². The first-order valence-corrected chi connectivity index (χ1v) is 9.54. The molecule has 6 nitrogen and oxygen atoms in total. The average molecular weight is 432 g/mol. The molecule has 1 aliphatic rings. The molecular formula is C22H19F3N2O4. The minimum Gasteiger partial charge on any atom is -0.465 e.